The topological polar surface area (TPSA) is 40.9 Å². The number of nitriles is 1. The van der Waals surface area contributed by atoms with Crippen LogP contribution in [0.5, 0.6) is 0 Å². The Balaban J connectivity index is 3.25. The molecular formula is C9H6BrNO. The third-order valence-electron chi connectivity index (χ3n) is 1.49. The van der Waals surface area contributed by atoms with Crippen molar-refractivity contribution in [1.82, 2.24) is 0 Å². The minimum atomic E-state index is -0.0287. The van der Waals surface area contributed by atoms with E-state index in [-0.39, 0.29) is 5.78 Å². The van der Waals surface area contributed by atoms with E-state index >= 15 is 0 Å². The van der Waals surface area contributed by atoms with Crippen molar-refractivity contribution in [3.63, 3.8) is 0 Å². The molecule has 0 atom stereocenters. The number of Topliss-reactive ketones (excluding diaryl/α,β-unsaturated/α-hetero) is 1. The Morgan fingerprint density at radius 3 is 2.75 bits per heavy atom. The first-order chi connectivity index (χ1) is 5.65. The maximum Gasteiger partial charge on any atom is 0.159 e. The number of carbonyl (C=O) groups excluding carboxylic acids is 1. The van der Waals surface area contributed by atoms with Crippen LogP contribution < -0.4 is 0 Å². The van der Waals surface area contributed by atoms with Crippen LogP contribution in [0.3, 0.4) is 0 Å². The molecule has 1 aromatic carbocycles. The average Bonchev–Trinajstić information content (AvgIpc) is 2.05. The molecule has 0 aromatic heterocycles. The Hall–Kier alpha value is -1.14. The van der Waals surface area contributed by atoms with E-state index in [1.165, 1.54) is 6.92 Å². The van der Waals surface area contributed by atoms with Gasteiger partial charge >= 0.3 is 0 Å². The van der Waals surface area contributed by atoms with Gasteiger partial charge < -0.3 is 0 Å². The van der Waals surface area contributed by atoms with Gasteiger partial charge in [0, 0.05) is 10.0 Å². The van der Waals surface area contributed by atoms with Crippen molar-refractivity contribution in [3.8, 4) is 6.07 Å². The van der Waals surface area contributed by atoms with Crippen molar-refractivity contribution in [2.45, 2.75) is 6.92 Å². The van der Waals surface area contributed by atoms with E-state index in [2.05, 4.69) is 15.9 Å². The molecule has 2 nitrogen and oxygen atoms in total. The fourth-order valence-electron chi connectivity index (χ4n) is 0.830. The maximum atomic E-state index is 10.9. The third-order valence-corrected chi connectivity index (χ3v) is 2.18. The molecule has 1 rings (SSSR count). The van der Waals surface area contributed by atoms with E-state index < -0.39 is 0 Å². The summed E-state index contributed by atoms with van der Waals surface area (Å²) >= 11 is 3.21. The first-order valence-electron chi connectivity index (χ1n) is 3.35. The molecule has 0 bridgehead atoms. The summed E-state index contributed by atoms with van der Waals surface area (Å²) in [6, 6.07) is 6.96. The second-order valence-corrected chi connectivity index (χ2v) is 3.22. The Labute approximate surface area is 78.9 Å². The smallest absolute Gasteiger partial charge is 0.159 e. The maximum absolute atomic E-state index is 10.9. The van der Waals surface area contributed by atoms with Crippen LogP contribution in [-0.4, -0.2) is 5.78 Å². The summed E-state index contributed by atoms with van der Waals surface area (Å²) in [4.78, 5) is 10.9. The Bertz CT molecular complexity index is 365. The first-order valence-corrected chi connectivity index (χ1v) is 4.15. The average molecular weight is 224 g/mol. The van der Waals surface area contributed by atoms with Crippen molar-refractivity contribution < 1.29 is 4.79 Å². The van der Waals surface area contributed by atoms with Crippen LogP contribution in [0.4, 0.5) is 0 Å². The molecule has 0 aliphatic heterocycles. The number of ketones is 1. The van der Waals surface area contributed by atoms with Crippen LogP contribution in [0.2, 0.25) is 0 Å². The zero-order valence-corrected chi connectivity index (χ0v) is 8.05. The highest BCUT2D eigenvalue weighted by Gasteiger charge is 2.03. The second kappa shape index (κ2) is 3.51. The van der Waals surface area contributed by atoms with E-state index in [0.29, 0.717) is 11.1 Å². The number of halogens is 1. The van der Waals surface area contributed by atoms with Crippen LogP contribution in [-0.2, 0) is 0 Å². The highest BCUT2D eigenvalue weighted by Crippen LogP contribution is 2.17. The van der Waals surface area contributed by atoms with Crippen LogP contribution in [0.15, 0.2) is 22.7 Å². The summed E-state index contributed by atoms with van der Waals surface area (Å²) in [5.74, 6) is -0.0287. The van der Waals surface area contributed by atoms with Gasteiger partial charge in [-0.2, -0.15) is 5.26 Å². The lowest BCUT2D eigenvalue weighted by Crippen LogP contribution is -1.92. The molecule has 0 amide bonds. The number of carbonyl (C=O) groups is 1. The molecule has 0 fully saturated rings. The van der Waals surface area contributed by atoms with Gasteiger partial charge in [-0.15, -0.1) is 0 Å². The van der Waals surface area contributed by atoms with Crippen molar-refractivity contribution in [2.75, 3.05) is 0 Å². The predicted molar refractivity (Wildman–Crippen MR) is 48.9 cm³/mol. The molecule has 0 N–H and O–H groups in total. The van der Waals surface area contributed by atoms with Gasteiger partial charge in [-0.25, -0.2) is 0 Å². The van der Waals surface area contributed by atoms with Crippen molar-refractivity contribution in [3.05, 3.63) is 33.8 Å². The summed E-state index contributed by atoms with van der Waals surface area (Å²) in [6.45, 7) is 1.48. The van der Waals surface area contributed by atoms with Gasteiger partial charge in [-0.1, -0.05) is 6.07 Å². The van der Waals surface area contributed by atoms with Crippen LogP contribution in [0.1, 0.15) is 22.8 Å². The predicted octanol–water partition coefficient (Wildman–Crippen LogP) is 2.52. The number of rotatable bonds is 1. The van der Waals surface area contributed by atoms with Gasteiger partial charge in [0.25, 0.3) is 0 Å². The normalized spacial score (nSPS) is 9.08. The SMILES string of the molecule is CC(=O)c1ccc(Br)c(C#N)c1. The van der Waals surface area contributed by atoms with Gasteiger partial charge in [0.2, 0.25) is 0 Å². The number of nitrogens with zero attached hydrogens (tertiary/aromatic N) is 1. The molecule has 60 valence electrons. The Morgan fingerprint density at radius 1 is 1.58 bits per heavy atom. The molecule has 0 aliphatic carbocycles. The van der Waals surface area contributed by atoms with Gasteiger partial charge in [0.05, 0.1) is 5.56 Å². The van der Waals surface area contributed by atoms with Crippen LogP contribution in [0.25, 0.3) is 0 Å². The minimum absolute atomic E-state index is 0.0287. The lowest BCUT2D eigenvalue weighted by molar-refractivity contribution is 0.101. The highest BCUT2D eigenvalue weighted by molar-refractivity contribution is 9.10. The van der Waals surface area contributed by atoms with Gasteiger partial charge in [0.15, 0.2) is 5.78 Å². The second-order valence-electron chi connectivity index (χ2n) is 2.36. The zero-order chi connectivity index (χ0) is 9.14. The van der Waals surface area contributed by atoms with Crippen LogP contribution >= 0.6 is 15.9 Å². The quantitative estimate of drug-likeness (QED) is 0.687. The third kappa shape index (κ3) is 1.72. The number of benzene rings is 1. The fourth-order valence-corrected chi connectivity index (χ4v) is 1.17. The standard InChI is InChI=1S/C9H6BrNO/c1-6(12)7-2-3-9(10)8(4-7)5-11/h2-4H,1H3. The van der Waals surface area contributed by atoms with Crippen molar-refractivity contribution >= 4 is 21.7 Å². The van der Waals surface area contributed by atoms with Gasteiger partial charge in [-0.3, -0.25) is 4.79 Å². The summed E-state index contributed by atoms with van der Waals surface area (Å²) in [7, 11) is 0. The molecule has 0 heterocycles. The van der Waals surface area contributed by atoms with Gasteiger partial charge in [0.1, 0.15) is 6.07 Å². The summed E-state index contributed by atoms with van der Waals surface area (Å²) in [6.07, 6.45) is 0. The molecule has 12 heavy (non-hydrogen) atoms. The molecule has 3 heteroatoms. The molecule has 0 saturated carbocycles. The first kappa shape index (κ1) is 8.95. The molecule has 0 unspecified atom stereocenters. The van der Waals surface area contributed by atoms with E-state index in [9.17, 15) is 4.79 Å². The monoisotopic (exact) mass is 223 g/mol. The summed E-state index contributed by atoms with van der Waals surface area (Å²) < 4.78 is 0.718. The molecule has 0 aliphatic rings. The molecule has 1 aromatic rings. The summed E-state index contributed by atoms with van der Waals surface area (Å²) in [5.41, 5.74) is 1.05. The number of hydrogen-bond acceptors (Lipinski definition) is 2. The van der Waals surface area contributed by atoms with E-state index in [1.54, 1.807) is 18.2 Å². The van der Waals surface area contributed by atoms with E-state index in [4.69, 9.17) is 5.26 Å². The van der Waals surface area contributed by atoms with Crippen LogP contribution in [0, 0.1) is 11.3 Å². The molecule has 0 saturated heterocycles. The fraction of sp³-hybridized carbons (Fsp3) is 0.111. The van der Waals surface area contributed by atoms with Gasteiger partial charge in [-0.05, 0) is 35.0 Å². The zero-order valence-electron chi connectivity index (χ0n) is 6.47. The molecule has 0 spiro atoms. The lowest BCUT2D eigenvalue weighted by Gasteiger charge is -1.97. The van der Waals surface area contributed by atoms with Crippen molar-refractivity contribution in [1.29, 1.82) is 5.26 Å². The Kier molecular flexibility index (Phi) is 2.61. The largest absolute Gasteiger partial charge is 0.295 e. The lowest BCUT2D eigenvalue weighted by atomic mass is 10.1. The Morgan fingerprint density at radius 2 is 2.25 bits per heavy atom. The summed E-state index contributed by atoms with van der Waals surface area (Å²) in [5, 5.41) is 8.63. The minimum Gasteiger partial charge on any atom is -0.295 e. The van der Waals surface area contributed by atoms with Crippen molar-refractivity contribution in [2.24, 2.45) is 0 Å². The molecule has 0 radical (unpaired) electrons. The van der Waals surface area contributed by atoms with E-state index in [0.717, 1.165) is 4.47 Å². The van der Waals surface area contributed by atoms with E-state index in [1.807, 2.05) is 6.07 Å². The highest BCUT2D eigenvalue weighted by atomic mass is 79.9. The number of hydrogen-bond donors (Lipinski definition) is 0. The molecular weight excluding hydrogens is 218 g/mol.